The molecule has 0 fully saturated rings. The fourth-order valence-corrected chi connectivity index (χ4v) is 1.70. The molecule has 0 heterocycles. The largest absolute Gasteiger partial charge is 0.444 e. The summed E-state index contributed by atoms with van der Waals surface area (Å²) in [5.74, 6) is 0. The highest BCUT2D eigenvalue weighted by Gasteiger charge is 2.16. The lowest BCUT2D eigenvalue weighted by molar-refractivity contribution is 0.0636. The minimum atomic E-state index is -0.504. The van der Waals surface area contributed by atoms with Crippen molar-refractivity contribution in [3.05, 3.63) is 29.8 Å². The summed E-state index contributed by atoms with van der Waals surface area (Å²) in [6.45, 7) is 5.70. The standard InChI is InChI=1S/C15H23NO3/c1-15(2,3)19-14(18)16-13-10-5-4-8-12(13)9-6-7-11-17/h4-5,8,10,17H,6-7,9,11H2,1-3H3,(H,16,18). The van der Waals surface area contributed by atoms with Crippen molar-refractivity contribution in [3.8, 4) is 0 Å². The van der Waals surface area contributed by atoms with Crippen LogP contribution in [0, 0.1) is 0 Å². The van der Waals surface area contributed by atoms with E-state index >= 15 is 0 Å². The minimum Gasteiger partial charge on any atom is -0.444 e. The molecule has 0 saturated carbocycles. The molecule has 0 radical (unpaired) electrons. The van der Waals surface area contributed by atoms with Gasteiger partial charge in [0.25, 0.3) is 0 Å². The van der Waals surface area contributed by atoms with E-state index < -0.39 is 11.7 Å². The SMILES string of the molecule is CC(C)(C)OC(=O)Nc1ccccc1CCCCO. The third-order valence-corrected chi connectivity index (χ3v) is 2.51. The van der Waals surface area contributed by atoms with E-state index in [1.807, 2.05) is 45.0 Å². The van der Waals surface area contributed by atoms with Crippen LogP contribution in [0.25, 0.3) is 0 Å². The predicted molar refractivity (Wildman–Crippen MR) is 76.3 cm³/mol. The lowest BCUT2D eigenvalue weighted by atomic mass is 10.1. The summed E-state index contributed by atoms with van der Waals surface area (Å²) in [4.78, 5) is 11.7. The highest BCUT2D eigenvalue weighted by Crippen LogP contribution is 2.18. The lowest BCUT2D eigenvalue weighted by Gasteiger charge is -2.20. The number of hydrogen-bond donors (Lipinski definition) is 2. The average Bonchev–Trinajstić information content (AvgIpc) is 2.29. The van der Waals surface area contributed by atoms with Crippen LogP contribution < -0.4 is 5.32 Å². The summed E-state index contributed by atoms with van der Waals surface area (Å²) in [5.41, 5.74) is 1.33. The first-order chi connectivity index (χ1) is 8.92. The maximum atomic E-state index is 11.7. The van der Waals surface area contributed by atoms with E-state index in [0.717, 1.165) is 30.5 Å². The van der Waals surface area contributed by atoms with Crippen molar-refractivity contribution in [1.82, 2.24) is 0 Å². The van der Waals surface area contributed by atoms with Crippen molar-refractivity contribution in [2.75, 3.05) is 11.9 Å². The molecule has 0 aliphatic rings. The van der Waals surface area contributed by atoms with Crippen LogP contribution in [0.2, 0.25) is 0 Å². The summed E-state index contributed by atoms with van der Waals surface area (Å²) in [5, 5.41) is 11.6. The quantitative estimate of drug-likeness (QED) is 0.803. The molecule has 19 heavy (non-hydrogen) atoms. The normalized spacial score (nSPS) is 11.2. The number of hydrogen-bond acceptors (Lipinski definition) is 3. The first-order valence-electron chi connectivity index (χ1n) is 6.61. The zero-order chi connectivity index (χ0) is 14.3. The fourth-order valence-electron chi connectivity index (χ4n) is 1.70. The van der Waals surface area contributed by atoms with E-state index in [9.17, 15) is 4.79 Å². The van der Waals surface area contributed by atoms with E-state index in [1.54, 1.807) is 0 Å². The third kappa shape index (κ3) is 6.25. The second-order valence-electron chi connectivity index (χ2n) is 5.46. The monoisotopic (exact) mass is 265 g/mol. The van der Waals surface area contributed by atoms with Gasteiger partial charge in [-0.15, -0.1) is 0 Å². The Labute approximate surface area is 114 Å². The Bertz CT molecular complexity index is 410. The highest BCUT2D eigenvalue weighted by molar-refractivity contribution is 5.85. The first kappa shape index (κ1) is 15.5. The number of carbonyl (C=O) groups is 1. The van der Waals surface area contributed by atoms with Gasteiger partial charge in [-0.05, 0) is 51.7 Å². The second kappa shape index (κ2) is 7.14. The van der Waals surface area contributed by atoms with E-state index in [2.05, 4.69) is 5.32 Å². The molecule has 4 heteroatoms. The Morgan fingerprint density at radius 2 is 1.95 bits per heavy atom. The van der Waals surface area contributed by atoms with E-state index in [4.69, 9.17) is 9.84 Å². The molecular formula is C15H23NO3. The van der Waals surface area contributed by atoms with E-state index in [0.29, 0.717) is 0 Å². The van der Waals surface area contributed by atoms with Crippen molar-refractivity contribution in [1.29, 1.82) is 0 Å². The van der Waals surface area contributed by atoms with Crippen molar-refractivity contribution < 1.29 is 14.6 Å². The van der Waals surface area contributed by atoms with Crippen LogP contribution in [0.3, 0.4) is 0 Å². The van der Waals surface area contributed by atoms with Gasteiger partial charge in [0.05, 0.1) is 0 Å². The van der Waals surface area contributed by atoms with Crippen molar-refractivity contribution in [2.45, 2.75) is 45.6 Å². The van der Waals surface area contributed by atoms with Gasteiger partial charge in [-0.25, -0.2) is 4.79 Å². The Hall–Kier alpha value is -1.55. The molecule has 2 N–H and O–H groups in total. The summed E-state index contributed by atoms with van der Waals surface area (Å²) < 4.78 is 5.23. The Kier molecular flexibility index (Phi) is 5.83. The Balaban J connectivity index is 2.64. The van der Waals surface area contributed by atoms with Crippen LogP contribution in [-0.2, 0) is 11.2 Å². The van der Waals surface area contributed by atoms with E-state index in [-0.39, 0.29) is 6.61 Å². The van der Waals surface area contributed by atoms with Crippen LogP contribution in [0.4, 0.5) is 10.5 Å². The fraction of sp³-hybridized carbons (Fsp3) is 0.533. The lowest BCUT2D eigenvalue weighted by Crippen LogP contribution is -2.27. The molecule has 0 aliphatic carbocycles. The van der Waals surface area contributed by atoms with Gasteiger partial charge in [0.15, 0.2) is 0 Å². The van der Waals surface area contributed by atoms with Crippen molar-refractivity contribution in [3.63, 3.8) is 0 Å². The predicted octanol–water partition coefficient (Wildman–Crippen LogP) is 3.35. The molecule has 0 atom stereocenters. The molecule has 0 saturated heterocycles. The van der Waals surface area contributed by atoms with Crippen molar-refractivity contribution in [2.24, 2.45) is 0 Å². The number of anilines is 1. The first-order valence-corrected chi connectivity index (χ1v) is 6.61. The molecule has 0 spiro atoms. The molecule has 106 valence electrons. The summed E-state index contributed by atoms with van der Waals surface area (Å²) in [6, 6.07) is 7.65. The minimum absolute atomic E-state index is 0.196. The summed E-state index contributed by atoms with van der Waals surface area (Å²) in [6.07, 6.45) is 2.04. The van der Waals surface area contributed by atoms with Gasteiger partial charge >= 0.3 is 6.09 Å². The summed E-state index contributed by atoms with van der Waals surface area (Å²) >= 11 is 0. The van der Waals surface area contributed by atoms with Gasteiger partial charge in [-0.3, -0.25) is 5.32 Å². The highest BCUT2D eigenvalue weighted by atomic mass is 16.6. The van der Waals surface area contributed by atoms with Crippen LogP contribution in [-0.4, -0.2) is 23.4 Å². The molecule has 4 nitrogen and oxygen atoms in total. The zero-order valence-corrected chi connectivity index (χ0v) is 11.9. The van der Waals surface area contributed by atoms with Crippen LogP contribution in [0.1, 0.15) is 39.2 Å². The Morgan fingerprint density at radius 1 is 1.26 bits per heavy atom. The number of rotatable bonds is 5. The van der Waals surface area contributed by atoms with Crippen molar-refractivity contribution >= 4 is 11.8 Å². The smallest absolute Gasteiger partial charge is 0.412 e. The molecule has 1 rings (SSSR count). The average molecular weight is 265 g/mol. The maximum Gasteiger partial charge on any atom is 0.412 e. The second-order valence-corrected chi connectivity index (χ2v) is 5.46. The number of aliphatic hydroxyl groups is 1. The molecule has 0 unspecified atom stereocenters. The molecular weight excluding hydrogens is 242 g/mol. The number of aryl methyl sites for hydroxylation is 1. The number of benzene rings is 1. The van der Waals surface area contributed by atoms with Gasteiger partial charge in [-0.1, -0.05) is 18.2 Å². The van der Waals surface area contributed by atoms with Crippen LogP contribution in [0.15, 0.2) is 24.3 Å². The van der Waals surface area contributed by atoms with Gasteiger partial charge in [0, 0.05) is 12.3 Å². The number of nitrogens with one attached hydrogen (secondary N) is 1. The number of unbranched alkanes of at least 4 members (excludes halogenated alkanes) is 1. The number of carbonyl (C=O) groups excluding carboxylic acids is 1. The van der Waals surface area contributed by atoms with Crippen LogP contribution >= 0.6 is 0 Å². The van der Waals surface area contributed by atoms with Gasteiger partial charge < -0.3 is 9.84 Å². The molecule has 0 bridgehead atoms. The Morgan fingerprint density at radius 3 is 2.58 bits per heavy atom. The third-order valence-electron chi connectivity index (χ3n) is 2.51. The number of amides is 1. The topological polar surface area (TPSA) is 58.6 Å². The van der Waals surface area contributed by atoms with Gasteiger partial charge in [0.1, 0.15) is 5.60 Å². The number of ether oxygens (including phenoxy) is 1. The van der Waals surface area contributed by atoms with Crippen LogP contribution in [0.5, 0.6) is 0 Å². The molecule has 0 aromatic heterocycles. The zero-order valence-electron chi connectivity index (χ0n) is 11.9. The van der Waals surface area contributed by atoms with Gasteiger partial charge in [0.2, 0.25) is 0 Å². The van der Waals surface area contributed by atoms with E-state index in [1.165, 1.54) is 0 Å². The molecule has 1 aromatic carbocycles. The molecule has 0 aliphatic heterocycles. The number of para-hydroxylation sites is 1. The maximum absolute atomic E-state index is 11.7. The van der Waals surface area contributed by atoms with Gasteiger partial charge in [-0.2, -0.15) is 0 Å². The molecule has 1 aromatic rings. The number of aliphatic hydroxyl groups excluding tert-OH is 1. The molecule has 1 amide bonds. The summed E-state index contributed by atoms with van der Waals surface area (Å²) in [7, 11) is 0.